The molecule has 0 fully saturated rings. The molecule has 0 aliphatic heterocycles. The number of aryl methyl sites for hydroxylation is 1. The van der Waals surface area contributed by atoms with Crippen LogP contribution in [0.4, 0.5) is 0 Å². The van der Waals surface area contributed by atoms with Crippen LogP contribution >= 0.6 is 0 Å². The predicted molar refractivity (Wildman–Crippen MR) is 85.5 cm³/mol. The summed E-state index contributed by atoms with van der Waals surface area (Å²) in [7, 11) is 4.04. The number of amides is 1. The first-order valence-electron chi connectivity index (χ1n) is 7.40. The van der Waals surface area contributed by atoms with Crippen LogP contribution in [0.25, 0.3) is 11.0 Å². The lowest BCUT2D eigenvalue weighted by Crippen LogP contribution is -2.37. The zero-order chi connectivity index (χ0) is 15.4. The maximum Gasteiger partial charge on any atom is 0.227 e. The molecule has 0 aliphatic rings. The van der Waals surface area contributed by atoms with Gasteiger partial charge in [0.2, 0.25) is 5.91 Å². The predicted octanol–water partition coefficient (Wildman–Crippen LogP) is 2.69. The molecule has 0 bridgehead atoms. The number of carbonyl (C=O) groups excluding carboxylic acids is 1. The van der Waals surface area contributed by atoms with Crippen molar-refractivity contribution >= 4 is 16.9 Å². The average Bonchev–Trinajstić information content (AvgIpc) is 2.81. The smallest absolute Gasteiger partial charge is 0.227 e. The molecular weight excluding hydrogens is 264 g/mol. The molecule has 2 aromatic rings. The van der Waals surface area contributed by atoms with Gasteiger partial charge in [-0.1, -0.05) is 12.1 Å². The van der Waals surface area contributed by atoms with Gasteiger partial charge in [-0.2, -0.15) is 0 Å². The van der Waals surface area contributed by atoms with E-state index in [0.29, 0.717) is 6.42 Å². The summed E-state index contributed by atoms with van der Waals surface area (Å²) >= 11 is 0. The largest absolute Gasteiger partial charge is 0.464 e. The zero-order valence-electron chi connectivity index (χ0n) is 13.3. The lowest BCUT2D eigenvalue weighted by atomic mass is 10.1. The Kier molecular flexibility index (Phi) is 5.02. The summed E-state index contributed by atoms with van der Waals surface area (Å²) in [5, 5.41) is 1.04. The quantitative estimate of drug-likeness (QED) is 0.820. The number of rotatable bonds is 6. The molecule has 1 aromatic heterocycles. The molecule has 1 aromatic carbocycles. The van der Waals surface area contributed by atoms with Crippen LogP contribution in [0.2, 0.25) is 0 Å². The van der Waals surface area contributed by atoms with E-state index >= 15 is 0 Å². The SMILES string of the molecule is CCN(CCN(C)C)C(=O)Cc1coc2cc(C)ccc12. The van der Waals surface area contributed by atoms with Crippen molar-refractivity contribution < 1.29 is 9.21 Å². The van der Waals surface area contributed by atoms with E-state index in [-0.39, 0.29) is 5.91 Å². The van der Waals surface area contributed by atoms with Crippen molar-refractivity contribution in [1.82, 2.24) is 9.80 Å². The van der Waals surface area contributed by atoms with Gasteiger partial charge in [0.25, 0.3) is 0 Å². The fraction of sp³-hybridized carbons (Fsp3) is 0.471. The molecule has 0 radical (unpaired) electrons. The van der Waals surface area contributed by atoms with Crippen LogP contribution in [-0.2, 0) is 11.2 Å². The van der Waals surface area contributed by atoms with Gasteiger partial charge < -0.3 is 14.2 Å². The van der Waals surface area contributed by atoms with Crippen molar-refractivity contribution in [3.63, 3.8) is 0 Å². The van der Waals surface area contributed by atoms with E-state index in [2.05, 4.69) is 11.0 Å². The van der Waals surface area contributed by atoms with Gasteiger partial charge in [-0.05, 0) is 39.6 Å². The third-order valence-electron chi connectivity index (χ3n) is 3.70. The normalized spacial score (nSPS) is 11.3. The van der Waals surface area contributed by atoms with Crippen LogP contribution in [0.15, 0.2) is 28.9 Å². The Morgan fingerprint density at radius 3 is 2.67 bits per heavy atom. The monoisotopic (exact) mass is 288 g/mol. The lowest BCUT2D eigenvalue weighted by Gasteiger charge is -2.22. The molecule has 1 amide bonds. The number of furan rings is 1. The fourth-order valence-electron chi connectivity index (χ4n) is 2.38. The number of likely N-dealkylation sites (N-methyl/N-ethyl adjacent to an activating group) is 2. The second-order valence-corrected chi connectivity index (χ2v) is 5.71. The Morgan fingerprint density at radius 2 is 2.00 bits per heavy atom. The molecule has 0 spiro atoms. The minimum absolute atomic E-state index is 0.155. The summed E-state index contributed by atoms with van der Waals surface area (Å²) in [6.07, 6.45) is 2.11. The summed E-state index contributed by atoms with van der Waals surface area (Å²) in [6.45, 7) is 6.43. The van der Waals surface area contributed by atoms with Crippen LogP contribution in [0.5, 0.6) is 0 Å². The summed E-state index contributed by atoms with van der Waals surface area (Å²) in [6, 6.07) is 6.09. The van der Waals surface area contributed by atoms with Gasteiger partial charge in [0, 0.05) is 30.6 Å². The molecule has 1 heterocycles. The van der Waals surface area contributed by atoms with Gasteiger partial charge in [0.05, 0.1) is 12.7 Å². The van der Waals surface area contributed by atoms with Gasteiger partial charge in [0.1, 0.15) is 5.58 Å². The average molecular weight is 288 g/mol. The van der Waals surface area contributed by atoms with Crippen LogP contribution in [-0.4, -0.2) is 49.4 Å². The van der Waals surface area contributed by atoms with Gasteiger partial charge in [-0.3, -0.25) is 4.79 Å². The highest BCUT2D eigenvalue weighted by Crippen LogP contribution is 2.23. The van der Waals surface area contributed by atoms with Crippen molar-refractivity contribution in [2.24, 2.45) is 0 Å². The highest BCUT2D eigenvalue weighted by atomic mass is 16.3. The zero-order valence-corrected chi connectivity index (χ0v) is 13.3. The molecule has 0 atom stereocenters. The van der Waals surface area contributed by atoms with Crippen LogP contribution in [0.1, 0.15) is 18.1 Å². The number of carbonyl (C=O) groups is 1. The van der Waals surface area contributed by atoms with Crippen molar-refractivity contribution in [3.8, 4) is 0 Å². The molecule has 4 heteroatoms. The van der Waals surface area contributed by atoms with E-state index in [9.17, 15) is 4.79 Å². The minimum Gasteiger partial charge on any atom is -0.464 e. The first kappa shape index (κ1) is 15.6. The Labute approximate surface area is 126 Å². The topological polar surface area (TPSA) is 36.7 Å². The van der Waals surface area contributed by atoms with E-state index in [1.54, 1.807) is 6.26 Å². The molecule has 0 saturated carbocycles. The Morgan fingerprint density at radius 1 is 1.24 bits per heavy atom. The van der Waals surface area contributed by atoms with E-state index in [4.69, 9.17) is 4.42 Å². The second kappa shape index (κ2) is 6.76. The third kappa shape index (κ3) is 3.85. The summed E-state index contributed by atoms with van der Waals surface area (Å²) in [4.78, 5) is 16.4. The fourth-order valence-corrected chi connectivity index (χ4v) is 2.38. The highest BCUT2D eigenvalue weighted by molar-refractivity contribution is 5.87. The van der Waals surface area contributed by atoms with E-state index in [1.807, 2.05) is 45.0 Å². The highest BCUT2D eigenvalue weighted by Gasteiger charge is 2.15. The maximum atomic E-state index is 12.4. The molecule has 4 nitrogen and oxygen atoms in total. The van der Waals surface area contributed by atoms with Gasteiger partial charge in [-0.25, -0.2) is 0 Å². The third-order valence-corrected chi connectivity index (χ3v) is 3.70. The first-order valence-corrected chi connectivity index (χ1v) is 7.40. The lowest BCUT2D eigenvalue weighted by molar-refractivity contribution is -0.130. The molecule has 21 heavy (non-hydrogen) atoms. The first-order chi connectivity index (χ1) is 10.0. The van der Waals surface area contributed by atoms with E-state index in [0.717, 1.165) is 41.7 Å². The molecule has 114 valence electrons. The summed E-state index contributed by atoms with van der Waals surface area (Å²) < 4.78 is 5.56. The molecule has 0 N–H and O–H groups in total. The van der Waals surface area contributed by atoms with E-state index in [1.165, 1.54) is 0 Å². The number of hydrogen-bond donors (Lipinski definition) is 0. The molecule has 0 aliphatic carbocycles. The van der Waals surface area contributed by atoms with Gasteiger partial charge in [-0.15, -0.1) is 0 Å². The Balaban J connectivity index is 2.09. The Hall–Kier alpha value is -1.81. The molecule has 0 unspecified atom stereocenters. The minimum atomic E-state index is 0.155. The molecule has 2 rings (SSSR count). The number of fused-ring (bicyclic) bond motifs is 1. The second-order valence-electron chi connectivity index (χ2n) is 5.71. The van der Waals surface area contributed by atoms with E-state index < -0.39 is 0 Å². The number of hydrogen-bond acceptors (Lipinski definition) is 3. The van der Waals surface area contributed by atoms with Crippen molar-refractivity contribution in [1.29, 1.82) is 0 Å². The van der Waals surface area contributed by atoms with Crippen LogP contribution in [0.3, 0.4) is 0 Å². The number of nitrogens with zero attached hydrogens (tertiary/aromatic N) is 2. The van der Waals surface area contributed by atoms with Crippen LogP contribution in [0, 0.1) is 6.92 Å². The van der Waals surface area contributed by atoms with Crippen molar-refractivity contribution in [2.45, 2.75) is 20.3 Å². The summed E-state index contributed by atoms with van der Waals surface area (Å²) in [5.41, 5.74) is 2.99. The van der Waals surface area contributed by atoms with Crippen molar-refractivity contribution in [3.05, 3.63) is 35.6 Å². The molecule has 0 saturated heterocycles. The standard InChI is InChI=1S/C17H24N2O2/c1-5-19(9-8-18(3)4)17(20)11-14-12-21-16-10-13(2)6-7-15(14)16/h6-7,10,12H,5,8-9,11H2,1-4H3. The van der Waals surface area contributed by atoms with Crippen LogP contribution < -0.4 is 0 Å². The summed E-state index contributed by atoms with van der Waals surface area (Å²) in [5.74, 6) is 0.155. The maximum absolute atomic E-state index is 12.4. The Bertz CT molecular complexity index is 616. The van der Waals surface area contributed by atoms with Crippen molar-refractivity contribution in [2.75, 3.05) is 33.7 Å². The molecular formula is C17H24N2O2. The number of benzene rings is 1. The van der Waals surface area contributed by atoms with Gasteiger partial charge in [0.15, 0.2) is 0 Å². The van der Waals surface area contributed by atoms with Gasteiger partial charge >= 0.3 is 0 Å².